The number of hydrogen-bond acceptors (Lipinski definition) is 2. The molecule has 0 N–H and O–H groups in total. The molecular formula is C11H21ClO2S. The number of halogens is 1. The molecule has 1 fully saturated rings. The summed E-state index contributed by atoms with van der Waals surface area (Å²) in [6.45, 7) is 6.78. The minimum absolute atomic E-state index is 0.158. The van der Waals surface area contributed by atoms with E-state index in [9.17, 15) is 8.42 Å². The second-order valence-corrected chi connectivity index (χ2v) is 8.61. The second kappa shape index (κ2) is 4.62. The molecule has 0 radical (unpaired) electrons. The quantitative estimate of drug-likeness (QED) is 0.706. The Morgan fingerprint density at radius 3 is 1.93 bits per heavy atom. The van der Waals surface area contributed by atoms with Crippen molar-refractivity contribution in [3.63, 3.8) is 0 Å². The Morgan fingerprint density at radius 1 is 1.13 bits per heavy atom. The lowest BCUT2D eigenvalue weighted by atomic mass is 9.70. The van der Waals surface area contributed by atoms with Crippen LogP contribution in [0.2, 0.25) is 0 Å². The summed E-state index contributed by atoms with van der Waals surface area (Å²) < 4.78 is 21.9. The van der Waals surface area contributed by atoms with Crippen LogP contribution >= 0.6 is 10.7 Å². The summed E-state index contributed by atoms with van der Waals surface area (Å²) in [5, 5.41) is 0. The molecule has 1 aliphatic carbocycles. The van der Waals surface area contributed by atoms with Gasteiger partial charge >= 0.3 is 0 Å². The maximum atomic E-state index is 10.9. The average Bonchev–Trinajstić information content (AvgIpc) is 2.00. The van der Waals surface area contributed by atoms with Crippen LogP contribution in [-0.2, 0) is 9.05 Å². The van der Waals surface area contributed by atoms with E-state index in [2.05, 4.69) is 20.8 Å². The molecule has 1 rings (SSSR count). The molecule has 0 aromatic carbocycles. The predicted molar refractivity (Wildman–Crippen MR) is 64.5 cm³/mol. The topological polar surface area (TPSA) is 34.1 Å². The minimum atomic E-state index is -3.30. The molecule has 15 heavy (non-hydrogen) atoms. The van der Waals surface area contributed by atoms with Crippen LogP contribution in [-0.4, -0.2) is 14.2 Å². The zero-order valence-electron chi connectivity index (χ0n) is 9.79. The fourth-order valence-electron chi connectivity index (χ4n) is 2.48. The van der Waals surface area contributed by atoms with Gasteiger partial charge in [0.2, 0.25) is 9.05 Å². The Hall–Kier alpha value is 0.240. The minimum Gasteiger partial charge on any atom is -0.212 e. The lowest BCUT2D eigenvalue weighted by molar-refractivity contribution is 0.156. The summed E-state index contributed by atoms with van der Waals surface area (Å²) in [4.78, 5) is 0. The van der Waals surface area contributed by atoms with Crippen molar-refractivity contribution in [2.24, 2.45) is 17.3 Å². The van der Waals surface area contributed by atoms with Gasteiger partial charge in [-0.3, -0.25) is 0 Å². The van der Waals surface area contributed by atoms with Gasteiger partial charge in [-0.05, 0) is 42.9 Å². The Balaban J connectivity index is 2.43. The monoisotopic (exact) mass is 252 g/mol. The molecule has 1 saturated carbocycles. The first-order valence-corrected chi connectivity index (χ1v) is 8.08. The van der Waals surface area contributed by atoms with Gasteiger partial charge in [0.15, 0.2) is 0 Å². The normalized spacial score (nSPS) is 29.1. The van der Waals surface area contributed by atoms with Gasteiger partial charge in [-0.25, -0.2) is 8.42 Å². The van der Waals surface area contributed by atoms with Gasteiger partial charge in [0, 0.05) is 10.7 Å². The number of hydrogen-bond donors (Lipinski definition) is 0. The summed E-state index contributed by atoms with van der Waals surface area (Å²) in [6.07, 6.45) is 4.29. The van der Waals surface area contributed by atoms with Crippen LogP contribution in [0.1, 0.15) is 46.5 Å². The molecule has 0 atom stereocenters. The van der Waals surface area contributed by atoms with E-state index in [-0.39, 0.29) is 11.7 Å². The summed E-state index contributed by atoms with van der Waals surface area (Å²) in [5.41, 5.74) is 0.352. The summed E-state index contributed by atoms with van der Waals surface area (Å²) in [7, 11) is 1.96. The second-order valence-electron chi connectivity index (χ2n) is 5.79. The van der Waals surface area contributed by atoms with E-state index in [0.717, 1.165) is 31.6 Å². The van der Waals surface area contributed by atoms with E-state index in [1.54, 1.807) is 0 Å². The lowest BCUT2D eigenvalue weighted by Gasteiger charge is -2.36. The fourth-order valence-corrected chi connectivity index (χ4v) is 3.91. The molecule has 0 aliphatic heterocycles. The Kier molecular flexibility index (Phi) is 4.10. The molecule has 0 bridgehead atoms. The first-order chi connectivity index (χ1) is 6.68. The molecule has 0 saturated heterocycles. The fraction of sp³-hybridized carbons (Fsp3) is 1.00. The van der Waals surface area contributed by atoms with Gasteiger partial charge in [-0.1, -0.05) is 20.8 Å². The van der Waals surface area contributed by atoms with Crippen molar-refractivity contribution in [1.29, 1.82) is 0 Å². The van der Waals surface area contributed by atoms with E-state index in [1.807, 2.05) is 0 Å². The molecule has 2 nitrogen and oxygen atoms in total. The van der Waals surface area contributed by atoms with Crippen molar-refractivity contribution >= 4 is 19.7 Å². The highest BCUT2D eigenvalue weighted by Crippen LogP contribution is 2.40. The van der Waals surface area contributed by atoms with E-state index in [1.165, 1.54) is 0 Å². The molecule has 0 heterocycles. The summed E-state index contributed by atoms with van der Waals surface area (Å²) in [5.74, 6) is 1.17. The van der Waals surface area contributed by atoms with Crippen molar-refractivity contribution in [3.8, 4) is 0 Å². The Morgan fingerprint density at radius 2 is 1.60 bits per heavy atom. The molecule has 0 unspecified atom stereocenters. The van der Waals surface area contributed by atoms with Crippen LogP contribution in [0.5, 0.6) is 0 Å². The Labute approximate surface area is 97.8 Å². The van der Waals surface area contributed by atoms with Gasteiger partial charge in [0.05, 0.1) is 5.75 Å². The highest BCUT2D eigenvalue weighted by Gasteiger charge is 2.30. The van der Waals surface area contributed by atoms with Crippen molar-refractivity contribution in [2.45, 2.75) is 46.5 Å². The maximum absolute atomic E-state index is 10.9. The van der Waals surface area contributed by atoms with Crippen LogP contribution in [0.15, 0.2) is 0 Å². The van der Waals surface area contributed by atoms with Crippen molar-refractivity contribution in [2.75, 3.05) is 5.75 Å². The van der Waals surface area contributed by atoms with Crippen LogP contribution in [0, 0.1) is 17.3 Å². The molecular weight excluding hydrogens is 232 g/mol. The van der Waals surface area contributed by atoms with E-state index < -0.39 is 9.05 Å². The molecule has 0 aromatic heterocycles. The SMILES string of the molecule is CC(C)(C)C1CCC(CS(=O)(=O)Cl)CC1. The molecule has 0 amide bonds. The van der Waals surface area contributed by atoms with Gasteiger partial charge in [0.1, 0.15) is 0 Å². The van der Waals surface area contributed by atoms with E-state index >= 15 is 0 Å². The average molecular weight is 253 g/mol. The Bertz CT molecular complexity index is 295. The third-order valence-electron chi connectivity index (χ3n) is 3.51. The van der Waals surface area contributed by atoms with Gasteiger partial charge in [0.25, 0.3) is 0 Å². The van der Waals surface area contributed by atoms with Crippen LogP contribution < -0.4 is 0 Å². The van der Waals surface area contributed by atoms with Crippen LogP contribution in [0.4, 0.5) is 0 Å². The molecule has 0 spiro atoms. The van der Waals surface area contributed by atoms with Crippen molar-refractivity contribution < 1.29 is 8.42 Å². The first-order valence-electron chi connectivity index (χ1n) is 5.61. The lowest BCUT2D eigenvalue weighted by Crippen LogP contribution is -2.27. The molecule has 1 aliphatic rings. The van der Waals surface area contributed by atoms with Gasteiger partial charge in [-0.15, -0.1) is 0 Å². The molecule has 0 aromatic rings. The van der Waals surface area contributed by atoms with Crippen LogP contribution in [0.25, 0.3) is 0 Å². The standard InChI is InChI=1S/C11H21ClO2S/c1-11(2,3)10-6-4-9(5-7-10)8-15(12,13)14/h9-10H,4-8H2,1-3H3. The highest BCUT2D eigenvalue weighted by atomic mass is 35.7. The smallest absolute Gasteiger partial charge is 0.212 e. The zero-order valence-corrected chi connectivity index (χ0v) is 11.4. The van der Waals surface area contributed by atoms with Gasteiger partial charge in [-0.2, -0.15) is 0 Å². The highest BCUT2D eigenvalue weighted by molar-refractivity contribution is 8.13. The van der Waals surface area contributed by atoms with Crippen molar-refractivity contribution in [1.82, 2.24) is 0 Å². The summed E-state index contributed by atoms with van der Waals surface area (Å²) in [6, 6.07) is 0. The molecule has 90 valence electrons. The first kappa shape index (κ1) is 13.3. The van der Waals surface area contributed by atoms with Crippen molar-refractivity contribution in [3.05, 3.63) is 0 Å². The van der Waals surface area contributed by atoms with Crippen LogP contribution in [0.3, 0.4) is 0 Å². The molecule has 4 heteroatoms. The maximum Gasteiger partial charge on any atom is 0.232 e. The van der Waals surface area contributed by atoms with Gasteiger partial charge < -0.3 is 0 Å². The third-order valence-corrected chi connectivity index (χ3v) is 4.75. The zero-order chi connectivity index (χ0) is 11.7. The van der Waals surface area contributed by atoms with E-state index in [4.69, 9.17) is 10.7 Å². The third kappa shape index (κ3) is 4.73. The van der Waals surface area contributed by atoms with E-state index in [0.29, 0.717) is 5.41 Å². The summed E-state index contributed by atoms with van der Waals surface area (Å²) >= 11 is 0. The predicted octanol–water partition coefficient (Wildman–Crippen LogP) is 3.41. The largest absolute Gasteiger partial charge is 0.232 e. The number of rotatable bonds is 2.